The number of benzene rings is 10. The monoisotopic (exact) mass is 1140 g/mol. The van der Waals surface area contributed by atoms with Gasteiger partial charge in [-0.05, 0) is 174 Å². The van der Waals surface area contributed by atoms with Crippen molar-refractivity contribution in [3.63, 3.8) is 0 Å². The van der Waals surface area contributed by atoms with Crippen molar-refractivity contribution in [3.05, 3.63) is 258 Å². The zero-order chi connectivity index (χ0) is 59.7. The summed E-state index contributed by atoms with van der Waals surface area (Å²) < 4.78 is 0. The molecule has 86 heavy (non-hydrogen) atoms. The Kier molecular flexibility index (Phi) is 13.1. The molecular formula is C81H82BN3Si. The van der Waals surface area contributed by atoms with Crippen molar-refractivity contribution in [2.24, 2.45) is 0 Å². The van der Waals surface area contributed by atoms with Crippen molar-refractivity contribution in [1.82, 2.24) is 0 Å². The summed E-state index contributed by atoms with van der Waals surface area (Å²) in [6, 6.07) is 90.1. The second-order valence-electron chi connectivity index (χ2n) is 29.0. The number of hydrogen-bond acceptors (Lipinski definition) is 3. The van der Waals surface area contributed by atoms with Gasteiger partial charge in [0.1, 0.15) is 0 Å². The van der Waals surface area contributed by atoms with E-state index >= 15 is 0 Å². The molecule has 0 aromatic heterocycles. The average Bonchev–Trinajstić information content (AvgIpc) is 1.28. The number of hydrogen-bond donors (Lipinski definition) is 0. The van der Waals surface area contributed by atoms with Crippen LogP contribution in [0.5, 0.6) is 0 Å². The maximum atomic E-state index is 2.82. The first-order chi connectivity index (χ1) is 41.2. The lowest BCUT2D eigenvalue weighted by Gasteiger charge is -2.51. The number of rotatable bonds is 8. The number of aryl methyl sites for hydroxylation is 1. The van der Waals surface area contributed by atoms with Gasteiger partial charge in [0.25, 0.3) is 6.71 Å². The van der Waals surface area contributed by atoms with Crippen molar-refractivity contribution in [2.45, 2.75) is 136 Å². The third kappa shape index (κ3) is 8.64. The highest BCUT2D eigenvalue weighted by Crippen LogP contribution is 2.61. The Morgan fingerprint density at radius 2 is 0.895 bits per heavy atom. The molecule has 10 aromatic rings. The van der Waals surface area contributed by atoms with E-state index in [2.05, 4.69) is 328 Å². The largest absolute Gasteiger partial charge is 0.334 e. The third-order valence-electron chi connectivity index (χ3n) is 20.7. The lowest BCUT2D eigenvalue weighted by Crippen LogP contribution is -2.74. The van der Waals surface area contributed by atoms with Crippen molar-refractivity contribution in [3.8, 4) is 11.1 Å². The van der Waals surface area contributed by atoms with Gasteiger partial charge in [-0.25, -0.2) is 0 Å². The second kappa shape index (κ2) is 20.2. The number of nitrogens with zero attached hydrogens (tertiary/aromatic N) is 3. The van der Waals surface area contributed by atoms with Gasteiger partial charge >= 0.3 is 0 Å². The molecule has 3 aliphatic heterocycles. The van der Waals surface area contributed by atoms with Crippen LogP contribution in [0, 0.1) is 6.92 Å². The minimum Gasteiger partial charge on any atom is -0.334 e. The van der Waals surface area contributed by atoms with E-state index in [0.29, 0.717) is 0 Å². The van der Waals surface area contributed by atoms with Crippen LogP contribution < -0.4 is 51.8 Å². The van der Waals surface area contributed by atoms with Crippen LogP contribution in [0.25, 0.3) is 11.1 Å². The molecule has 0 radical (unpaired) electrons. The summed E-state index contributed by atoms with van der Waals surface area (Å²) in [6.45, 7) is 28.6. The van der Waals surface area contributed by atoms with Gasteiger partial charge in [0.2, 0.25) is 0 Å². The minimum absolute atomic E-state index is 0.00358. The molecule has 3 heterocycles. The molecule has 4 aliphatic rings. The lowest BCUT2D eigenvalue weighted by atomic mass is 9.33. The summed E-state index contributed by atoms with van der Waals surface area (Å²) in [4.78, 5) is 8.10. The Balaban J connectivity index is 1.02. The van der Waals surface area contributed by atoms with E-state index in [1.165, 1.54) is 134 Å². The molecule has 0 bridgehead atoms. The quantitative estimate of drug-likeness (QED) is 0.111. The summed E-state index contributed by atoms with van der Waals surface area (Å²) >= 11 is 0. The molecule has 2 unspecified atom stereocenters. The van der Waals surface area contributed by atoms with Crippen molar-refractivity contribution >= 4 is 97.4 Å². The summed E-state index contributed by atoms with van der Waals surface area (Å²) in [5, 5.41) is 5.66. The smallest absolute Gasteiger partial charge is 0.252 e. The highest BCUT2D eigenvalue weighted by molar-refractivity contribution is 7.20. The Bertz CT molecular complexity index is 4130. The molecule has 0 amide bonds. The predicted molar refractivity (Wildman–Crippen MR) is 373 cm³/mol. The third-order valence-corrected chi connectivity index (χ3v) is 25.4. The number of fused-ring (bicyclic) bond motifs is 7. The van der Waals surface area contributed by atoms with Gasteiger partial charge in [-0.15, -0.1) is 0 Å². The van der Waals surface area contributed by atoms with Gasteiger partial charge in [-0.3, -0.25) is 0 Å². The summed E-state index contributed by atoms with van der Waals surface area (Å²) in [5.74, 6) is 0. The zero-order valence-electron chi connectivity index (χ0n) is 52.7. The predicted octanol–water partition coefficient (Wildman–Crippen LogP) is 16.8. The van der Waals surface area contributed by atoms with E-state index in [1.807, 2.05) is 0 Å². The fourth-order valence-corrected chi connectivity index (χ4v) is 20.6. The zero-order valence-corrected chi connectivity index (χ0v) is 53.7. The second-order valence-corrected chi connectivity index (χ2v) is 32.8. The van der Waals surface area contributed by atoms with E-state index in [0.717, 1.165) is 12.8 Å². The first kappa shape index (κ1) is 55.7. The maximum Gasteiger partial charge on any atom is 0.252 e. The molecule has 5 heteroatoms. The molecule has 1 fully saturated rings. The molecule has 10 aromatic carbocycles. The van der Waals surface area contributed by atoms with Gasteiger partial charge in [-0.2, -0.15) is 0 Å². The summed E-state index contributed by atoms with van der Waals surface area (Å²) in [5.41, 5.74) is 22.7. The van der Waals surface area contributed by atoms with Crippen LogP contribution in [0.1, 0.15) is 130 Å². The van der Waals surface area contributed by atoms with Crippen molar-refractivity contribution in [1.29, 1.82) is 0 Å². The van der Waals surface area contributed by atoms with E-state index in [9.17, 15) is 0 Å². The van der Waals surface area contributed by atoms with E-state index < -0.39 is 8.07 Å². The van der Waals surface area contributed by atoms with Gasteiger partial charge in [-0.1, -0.05) is 252 Å². The van der Waals surface area contributed by atoms with Crippen LogP contribution in [0.2, 0.25) is 0 Å². The highest BCUT2D eigenvalue weighted by Gasteiger charge is 2.59. The molecule has 0 spiro atoms. The molecule has 0 saturated heterocycles. The maximum absolute atomic E-state index is 2.82. The summed E-state index contributed by atoms with van der Waals surface area (Å²) in [7, 11) is -2.82. The highest BCUT2D eigenvalue weighted by atomic mass is 28.3. The molecule has 0 N–H and O–H groups in total. The number of anilines is 8. The van der Waals surface area contributed by atoms with Gasteiger partial charge in [0.05, 0.1) is 11.2 Å². The Morgan fingerprint density at radius 1 is 0.395 bits per heavy atom. The van der Waals surface area contributed by atoms with Crippen LogP contribution in [0.4, 0.5) is 45.5 Å². The SMILES string of the molecule is Cc1cc2c3c(c1)N(c1ccc(C(C)(C)C)cc1-c1ccccc1)c1ccc(C(C)(C)C)cc1B3c1ccc(N3c4ccc([Si](c5ccccc5)(c5ccccc5)c5ccccc5)cc4C4(C)CCCCC34C)cc1N2c1ccc(C(C)(C)C)cc1. The Morgan fingerprint density at radius 3 is 1.48 bits per heavy atom. The van der Waals surface area contributed by atoms with Gasteiger partial charge in [0, 0.05) is 50.8 Å². The van der Waals surface area contributed by atoms with Crippen LogP contribution in [0.3, 0.4) is 0 Å². The van der Waals surface area contributed by atoms with Crippen molar-refractivity contribution < 1.29 is 0 Å². The Labute approximate surface area is 514 Å². The van der Waals surface area contributed by atoms with Crippen LogP contribution in [-0.2, 0) is 21.7 Å². The van der Waals surface area contributed by atoms with E-state index in [4.69, 9.17) is 0 Å². The molecule has 428 valence electrons. The normalized spacial score (nSPS) is 18.0. The van der Waals surface area contributed by atoms with E-state index in [1.54, 1.807) is 0 Å². The standard InChI is InChI=1S/C81H82BN3Si/c1-55-49-74-76-75(50-55)84(70-44-37-58(78(5,6)7)51-66(70)56-27-17-13-18-28-56)72-45-38-59(79(8,9)10)52-69(72)82(76)68-43-41-61(53-73(68)83(74)60-39-35-57(36-40-60)77(2,3)4)85-71-46-42-65(54-67(71)80(11)47-25-26-48-81(80,85)12)86(62-29-19-14-20-30-62,63-31-21-15-22-32-63)64-33-23-16-24-34-64/h13-24,27-46,49-54H,25-26,47-48H2,1-12H3. The van der Waals surface area contributed by atoms with Crippen LogP contribution in [-0.4, -0.2) is 20.3 Å². The molecule has 1 saturated carbocycles. The van der Waals surface area contributed by atoms with Gasteiger partial charge < -0.3 is 14.7 Å². The van der Waals surface area contributed by atoms with Crippen molar-refractivity contribution in [2.75, 3.05) is 14.7 Å². The average molecular weight is 1140 g/mol. The van der Waals surface area contributed by atoms with Crippen LogP contribution in [0.15, 0.2) is 231 Å². The fourth-order valence-electron chi connectivity index (χ4n) is 15.9. The molecule has 2 atom stereocenters. The van der Waals surface area contributed by atoms with E-state index in [-0.39, 0.29) is 33.9 Å². The first-order valence-corrected chi connectivity index (χ1v) is 33.7. The summed E-state index contributed by atoms with van der Waals surface area (Å²) in [6.07, 6.45) is 4.65. The molecule has 3 nitrogen and oxygen atoms in total. The van der Waals surface area contributed by atoms with Crippen LogP contribution >= 0.6 is 0 Å². The molecule has 14 rings (SSSR count). The minimum atomic E-state index is -2.82. The van der Waals surface area contributed by atoms with Gasteiger partial charge in [0.15, 0.2) is 8.07 Å². The first-order valence-electron chi connectivity index (χ1n) is 31.7. The lowest BCUT2D eigenvalue weighted by molar-refractivity contribution is 0.195. The Hall–Kier alpha value is -8.12. The topological polar surface area (TPSA) is 9.72 Å². The fraction of sp³-hybridized carbons (Fsp3) is 0.259. The molecular weight excluding hydrogens is 1050 g/mol. The molecule has 1 aliphatic carbocycles.